The lowest BCUT2D eigenvalue weighted by Crippen LogP contribution is -2.57. The number of unbranched alkanes of at least 4 members (excludes halogenated alkanes) is 1. The Labute approximate surface area is 152 Å². The Bertz CT molecular complexity index is 618. The summed E-state index contributed by atoms with van der Waals surface area (Å²) in [6.45, 7) is 5.24. The molecule has 0 aliphatic heterocycles. The average molecular weight is 340 g/mol. The van der Waals surface area contributed by atoms with Crippen molar-refractivity contribution < 1.29 is 4.79 Å². The third-order valence-electron chi connectivity index (χ3n) is 7.26. The Hall–Kier alpha value is -1.31. The Kier molecular flexibility index (Phi) is 4.42. The van der Waals surface area contributed by atoms with E-state index >= 15 is 0 Å². The predicted octanol–water partition coefficient (Wildman–Crippen LogP) is 5.14. The minimum atomic E-state index is 0.266. The molecule has 136 valence electrons. The molecular weight excluding hydrogens is 306 g/mol. The largest absolute Gasteiger partial charge is 0.356 e. The first-order valence-corrected chi connectivity index (χ1v) is 10.4. The van der Waals surface area contributed by atoms with E-state index in [1.807, 2.05) is 0 Å². The standard InChI is InChI=1S/C23H33NO/c1-3-4-5-21(25)24-16-22-11-18-10-19(12-22)14-23(13-18,15-22)20-8-6-17(2)7-9-20/h6-9,18-19H,3-5,10-16H2,1-2H3,(H,24,25)/t18-,19+,22?,23?. The molecule has 0 heterocycles. The molecule has 0 saturated heterocycles. The molecule has 1 aromatic carbocycles. The van der Waals surface area contributed by atoms with Crippen LogP contribution < -0.4 is 5.32 Å². The van der Waals surface area contributed by atoms with E-state index < -0.39 is 0 Å². The molecule has 1 amide bonds. The molecule has 0 aromatic heterocycles. The van der Waals surface area contributed by atoms with Crippen LogP contribution in [0.15, 0.2) is 24.3 Å². The zero-order chi connectivity index (χ0) is 17.5. The summed E-state index contributed by atoms with van der Waals surface area (Å²) in [6.07, 6.45) is 10.9. The Morgan fingerprint density at radius 1 is 1.12 bits per heavy atom. The molecule has 4 aliphatic rings. The summed E-state index contributed by atoms with van der Waals surface area (Å²) in [4.78, 5) is 12.2. The first kappa shape index (κ1) is 17.1. The molecule has 1 N–H and O–H groups in total. The molecule has 0 spiro atoms. The van der Waals surface area contributed by atoms with E-state index in [-0.39, 0.29) is 5.91 Å². The van der Waals surface area contributed by atoms with E-state index in [9.17, 15) is 4.79 Å². The SMILES string of the molecule is CCCCC(=O)NCC12C[C@H]3C[C@@H](C1)CC(c1ccc(C)cc1)(C3)C2. The van der Waals surface area contributed by atoms with Crippen molar-refractivity contribution in [3.8, 4) is 0 Å². The van der Waals surface area contributed by atoms with Crippen LogP contribution in [0.4, 0.5) is 0 Å². The van der Waals surface area contributed by atoms with Crippen molar-refractivity contribution in [1.29, 1.82) is 0 Å². The third kappa shape index (κ3) is 3.25. The smallest absolute Gasteiger partial charge is 0.220 e. The third-order valence-corrected chi connectivity index (χ3v) is 7.26. The van der Waals surface area contributed by atoms with Crippen LogP contribution in [0.5, 0.6) is 0 Å². The minimum Gasteiger partial charge on any atom is -0.356 e. The first-order chi connectivity index (χ1) is 12.0. The lowest BCUT2D eigenvalue weighted by atomic mass is 9.43. The van der Waals surface area contributed by atoms with Gasteiger partial charge in [-0.25, -0.2) is 0 Å². The van der Waals surface area contributed by atoms with Gasteiger partial charge in [0.2, 0.25) is 5.91 Å². The van der Waals surface area contributed by atoms with Crippen LogP contribution in [0.2, 0.25) is 0 Å². The Morgan fingerprint density at radius 2 is 1.80 bits per heavy atom. The summed E-state index contributed by atoms with van der Waals surface area (Å²) in [5.41, 5.74) is 3.66. The fourth-order valence-electron chi connectivity index (χ4n) is 6.62. The van der Waals surface area contributed by atoms with Crippen molar-refractivity contribution in [2.45, 2.75) is 77.0 Å². The van der Waals surface area contributed by atoms with E-state index in [1.165, 1.54) is 44.1 Å². The van der Waals surface area contributed by atoms with Gasteiger partial charge in [0.1, 0.15) is 0 Å². The first-order valence-electron chi connectivity index (χ1n) is 10.4. The van der Waals surface area contributed by atoms with E-state index in [0.29, 0.717) is 17.3 Å². The van der Waals surface area contributed by atoms with Gasteiger partial charge in [-0.2, -0.15) is 0 Å². The molecule has 4 fully saturated rings. The molecule has 4 atom stereocenters. The molecule has 1 aromatic rings. The van der Waals surface area contributed by atoms with Crippen molar-refractivity contribution in [1.82, 2.24) is 5.32 Å². The van der Waals surface area contributed by atoms with Gasteiger partial charge in [0.25, 0.3) is 0 Å². The monoisotopic (exact) mass is 339 g/mol. The van der Waals surface area contributed by atoms with E-state index in [0.717, 1.165) is 31.2 Å². The van der Waals surface area contributed by atoms with Gasteiger partial charge in [-0.15, -0.1) is 0 Å². The molecule has 25 heavy (non-hydrogen) atoms. The molecule has 4 aliphatic carbocycles. The van der Waals surface area contributed by atoms with Gasteiger partial charge in [-0.3, -0.25) is 4.79 Å². The fraction of sp³-hybridized carbons (Fsp3) is 0.696. The number of nitrogens with one attached hydrogen (secondary N) is 1. The van der Waals surface area contributed by atoms with Crippen LogP contribution in [0.25, 0.3) is 0 Å². The topological polar surface area (TPSA) is 29.1 Å². The van der Waals surface area contributed by atoms with Gasteiger partial charge < -0.3 is 5.32 Å². The highest BCUT2D eigenvalue weighted by Gasteiger charge is 2.57. The Morgan fingerprint density at radius 3 is 2.44 bits per heavy atom. The highest BCUT2D eigenvalue weighted by Crippen LogP contribution is 2.65. The molecule has 5 rings (SSSR count). The van der Waals surface area contributed by atoms with Gasteiger partial charge in [-0.1, -0.05) is 43.2 Å². The second-order valence-corrected chi connectivity index (χ2v) is 9.49. The summed E-state index contributed by atoms with van der Waals surface area (Å²) in [5.74, 6) is 2.01. The molecule has 0 radical (unpaired) electrons. The van der Waals surface area contributed by atoms with Crippen LogP contribution in [0.1, 0.15) is 75.8 Å². The van der Waals surface area contributed by atoms with Crippen molar-refractivity contribution >= 4 is 5.91 Å². The molecule has 4 bridgehead atoms. The quantitative estimate of drug-likeness (QED) is 0.764. The van der Waals surface area contributed by atoms with Gasteiger partial charge in [0.15, 0.2) is 0 Å². The number of amides is 1. The van der Waals surface area contributed by atoms with Crippen molar-refractivity contribution in [3.05, 3.63) is 35.4 Å². The second-order valence-electron chi connectivity index (χ2n) is 9.49. The zero-order valence-electron chi connectivity index (χ0n) is 15.9. The summed E-state index contributed by atoms with van der Waals surface area (Å²) in [7, 11) is 0. The molecule has 2 heteroatoms. The van der Waals surface area contributed by atoms with E-state index in [1.54, 1.807) is 5.56 Å². The zero-order valence-corrected chi connectivity index (χ0v) is 15.9. The van der Waals surface area contributed by atoms with Gasteiger partial charge in [-0.05, 0) is 80.1 Å². The number of carbonyl (C=O) groups excluding carboxylic acids is 1. The number of carbonyl (C=O) groups is 1. The number of benzene rings is 1. The summed E-state index contributed by atoms with van der Waals surface area (Å²) < 4.78 is 0. The van der Waals surface area contributed by atoms with E-state index in [2.05, 4.69) is 43.4 Å². The van der Waals surface area contributed by atoms with Gasteiger partial charge in [0.05, 0.1) is 0 Å². The number of hydrogen-bond acceptors (Lipinski definition) is 1. The maximum absolute atomic E-state index is 12.2. The maximum atomic E-state index is 12.2. The fourth-order valence-corrected chi connectivity index (χ4v) is 6.62. The summed E-state index contributed by atoms with van der Waals surface area (Å²) in [5, 5.41) is 3.31. The summed E-state index contributed by atoms with van der Waals surface area (Å²) >= 11 is 0. The van der Waals surface area contributed by atoms with Gasteiger partial charge >= 0.3 is 0 Å². The van der Waals surface area contributed by atoms with Gasteiger partial charge in [0, 0.05) is 13.0 Å². The second kappa shape index (κ2) is 6.45. The normalized spacial score (nSPS) is 35.8. The van der Waals surface area contributed by atoms with Crippen molar-refractivity contribution in [2.75, 3.05) is 6.54 Å². The molecular formula is C23H33NO. The molecule has 2 nitrogen and oxygen atoms in total. The minimum absolute atomic E-state index is 0.266. The van der Waals surface area contributed by atoms with Crippen molar-refractivity contribution in [3.63, 3.8) is 0 Å². The maximum Gasteiger partial charge on any atom is 0.220 e. The molecule has 4 saturated carbocycles. The van der Waals surface area contributed by atoms with Crippen LogP contribution in [-0.2, 0) is 10.2 Å². The van der Waals surface area contributed by atoms with Crippen LogP contribution in [-0.4, -0.2) is 12.5 Å². The lowest BCUT2D eigenvalue weighted by molar-refractivity contribution is -0.124. The van der Waals surface area contributed by atoms with Crippen molar-refractivity contribution in [2.24, 2.45) is 17.3 Å². The lowest BCUT2D eigenvalue weighted by Gasteiger charge is -2.62. The van der Waals surface area contributed by atoms with Crippen LogP contribution >= 0.6 is 0 Å². The van der Waals surface area contributed by atoms with Crippen LogP contribution in [0, 0.1) is 24.2 Å². The summed E-state index contributed by atoms with van der Waals surface area (Å²) in [6, 6.07) is 9.34. The number of aryl methyl sites for hydroxylation is 1. The highest BCUT2D eigenvalue weighted by atomic mass is 16.1. The number of rotatable bonds is 6. The van der Waals surface area contributed by atoms with Crippen LogP contribution in [0.3, 0.4) is 0 Å². The van der Waals surface area contributed by atoms with E-state index in [4.69, 9.17) is 0 Å². The average Bonchev–Trinajstić information content (AvgIpc) is 2.57. The highest BCUT2D eigenvalue weighted by molar-refractivity contribution is 5.75. The number of hydrogen-bond donors (Lipinski definition) is 1. The predicted molar refractivity (Wildman–Crippen MR) is 103 cm³/mol. The molecule has 2 unspecified atom stereocenters. The Balaban J connectivity index is 1.53.